The number of allylic oxidation sites excluding steroid dienone is 1. The Morgan fingerprint density at radius 2 is 2.06 bits per heavy atom. The Kier molecular flexibility index (Phi) is 4.60. The van der Waals surface area contributed by atoms with E-state index in [4.69, 9.17) is 0 Å². The molecular weight excluding hydrogens is 218 g/mol. The molecule has 0 aromatic heterocycles. The van der Waals surface area contributed by atoms with Gasteiger partial charge in [0.2, 0.25) is 0 Å². The van der Waals surface area contributed by atoms with Gasteiger partial charge in [-0.15, -0.1) is 6.58 Å². The van der Waals surface area contributed by atoms with E-state index in [1.807, 2.05) is 6.08 Å². The lowest BCUT2D eigenvalue weighted by atomic mass is 9.85. The molecule has 0 spiro atoms. The summed E-state index contributed by atoms with van der Waals surface area (Å²) < 4.78 is 0. The number of hydrogen-bond donors (Lipinski definition) is 1. The van der Waals surface area contributed by atoms with Crippen molar-refractivity contribution in [3.8, 4) is 0 Å². The third-order valence-electron chi connectivity index (χ3n) is 4.16. The topological polar surface area (TPSA) is 12.0 Å². The van der Waals surface area contributed by atoms with Crippen molar-refractivity contribution in [2.45, 2.75) is 50.5 Å². The van der Waals surface area contributed by atoms with Gasteiger partial charge in [0.25, 0.3) is 0 Å². The number of likely N-dealkylation sites (N-methyl/N-ethyl adjacent to an activating group) is 1. The molecule has 0 saturated heterocycles. The van der Waals surface area contributed by atoms with E-state index in [1.54, 1.807) is 0 Å². The lowest BCUT2D eigenvalue weighted by molar-refractivity contribution is 0.392. The highest BCUT2D eigenvalue weighted by molar-refractivity contribution is 5.33. The van der Waals surface area contributed by atoms with Crippen LogP contribution in [0.4, 0.5) is 0 Å². The number of hydrogen-bond acceptors (Lipinski definition) is 1. The second-order valence-corrected chi connectivity index (χ2v) is 5.35. The molecule has 1 atom stereocenters. The van der Waals surface area contributed by atoms with Crippen LogP contribution in [0.1, 0.15) is 44.6 Å². The first-order valence-corrected chi connectivity index (χ1v) is 7.23. The molecule has 1 fully saturated rings. The summed E-state index contributed by atoms with van der Waals surface area (Å²) in [7, 11) is 0. The van der Waals surface area contributed by atoms with Gasteiger partial charge in [-0.1, -0.05) is 43.3 Å². The van der Waals surface area contributed by atoms with Gasteiger partial charge in [-0.2, -0.15) is 0 Å². The van der Waals surface area contributed by atoms with Crippen molar-refractivity contribution in [2.75, 3.05) is 6.54 Å². The summed E-state index contributed by atoms with van der Waals surface area (Å²) in [6.45, 7) is 7.09. The van der Waals surface area contributed by atoms with Gasteiger partial charge in [-0.05, 0) is 44.2 Å². The van der Waals surface area contributed by atoms with Gasteiger partial charge in [0.1, 0.15) is 0 Å². The fourth-order valence-corrected chi connectivity index (χ4v) is 3.03. The second-order valence-electron chi connectivity index (χ2n) is 5.35. The van der Waals surface area contributed by atoms with Crippen molar-refractivity contribution >= 4 is 0 Å². The van der Waals surface area contributed by atoms with E-state index in [0.717, 1.165) is 13.0 Å². The monoisotopic (exact) mass is 243 g/mol. The highest BCUT2D eigenvalue weighted by atomic mass is 14.9. The third-order valence-corrected chi connectivity index (χ3v) is 4.16. The van der Waals surface area contributed by atoms with E-state index >= 15 is 0 Å². The minimum absolute atomic E-state index is 0.415. The molecular formula is C17H25N. The largest absolute Gasteiger partial charge is 0.313 e. The van der Waals surface area contributed by atoms with Crippen molar-refractivity contribution in [1.82, 2.24) is 5.32 Å². The molecule has 0 amide bonds. The molecule has 1 unspecified atom stereocenters. The average Bonchev–Trinajstić information content (AvgIpc) is 3.21. The van der Waals surface area contributed by atoms with Crippen LogP contribution >= 0.6 is 0 Å². The molecule has 98 valence electrons. The first-order chi connectivity index (χ1) is 8.83. The standard InChI is InChI=1S/C17H25N/c1-3-5-7-12-16(18-4-2)17(13-14-17)15-10-8-6-9-11-15/h3,6,8-11,16,18H,1,4-5,7,12-14H2,2H3. The zero-order valence-electron chi connectivity index (χ0n) is 11.5. The summed E-state index contributed by atoms with van der Waals surface area (Å²) in [5.74, 6) is 0. The third kappa shape index (κ3) is 2.84. The summed E-state index contributed by atoms with van der Waals surface area (Å²) in [5.41, 5.74) is 1.94. The maximum absolute atomic E-state index is 3.82. The van der Waals surface area contributed by atoms with E-state index in [-0.39, 0.29) is 0 Å². The minimum atomic E-state index is 0.415. The van der Waals surface area contributed by atoms with Crippen LogP contribution in [0.25, 0.3) is 0 Å². The number of unbranched alkanes of at least 4 members (excludes halogenated alkanes) is 1. The quantitative estimate of drug-likeness (QED) is 0.536. The Morgan fingerprint density at radius 3 is 2.61 bits per heavy atom. The summed E-state index contributed by atoms with van der Waals surface area (Å²) >= 11 is 0. The maximum Gasteiger partial charge on any atom is 0.0164 e. The van der Waals surface area contributed by atoms with Crippen molar-refractivity contribution in [3.05, 3.63) is 48.6 Å². The maximum atomic E-state index is 3.82. The Labute approximate surface area is 111 Å². The molecule has 0 heterocycles. The summed E-state index contributed by atoms with van der Waals surface area (Å²) in [4.78, 5) is 0. The molecule has 1 aromatic rings. The van der Waals surface area contributed by atoms with Crippen LogP contribution in [0.2, 0.25) is 0 Å². The second kappa shape index (κ2) is 6.19. The molecule has 1 N–H and O–H groups in total. The fourth-order valence-electron chi connectivity index (χ4n) is 3.03. The molecule has 1 aliphatic carbocycles. The van der Waals surface area contributed by atoms with Crippen molar-refractivity contribution in [2.24, 2.45) is 0 Å². The molecule has 1 heteroatoms. The van der Waals surface area contributed by atoms with Crippen LogP contribution in [0.3, 0.4) is 0 Å². The smallest absolute Gasteiger partial charge is 0.0164 e. The Balaban J connectivity index is 2.07. The van der Waals surface area contributed by atoms with Gasteiger partial charge < -0.3 is 5.32 Å². The van der Waals surface area contributed by atoms with Crippen LogP contribution in [0.15, 0.2) is 43.0 Å². The summed E-state index contributed by atoms with van der Waals surface area (Å²) in [6.07, 6.45) is 8.34. The summed E-state index contributed by atoms with van der Waals surface area (Å²) in [6, 6.07) is 11.7. The fraction of sp³-hybridized carbons (Fsp3) is 0.529. The van der Waals surface area contributed by atoms with Gasteiger partial charge >= 0.3 is 0 Å². The van der Waals surface area contributed by atoms with Gasteiger partial charge in [0, 0.05) is 11.5 Å². The Morgan fingerprint density at radius 1 is 1.33 bits per heavy atom. The Hall–Kier alpha value is -1.08. The Bertz CT molecular complexity index is 364. The van der Waals surface area contributed by atoms with Crippen LogP contribution in [0, 0.1) is 0 Å². The SMILES string of the molecule is C=CCCCC(NCC)C1(c2ccccc2)CC1. The molecule has 1 aromatic carbocycles. The number of benzene rings is 1. The van der Waals surface area contributed by atoms with E-state index < -0.39 is 0 Å². The zero-order valence-corrected chi connectivity index (χ0v) is 11.5. The van der Waals surface area contributed by atoms with E-state index in [1.165, 1.54) is 31.2 Å². The first-order valence-electron chi connectivity index (χ1n) is 7.23. The number of nitrogens with one attached hydrogen (secondary N) is 1. The highest BCUT2D eigenvalue weighted by Crippen LogP contribution is 2.52. The van der Waals surface area contributed by atoms with Crippen molar-refractivity contribution in [1.29, 1.82) is 0 Å². The van der Waals surface area contributed by atoms with Gasteiger partial charge in [-0.25, -0.2) is 0 Å². The van der Waals surface area contributed by atoms with Gasteiger partial charge in [0.05, 0.1) is 0 Å². The first kappa shape index (κ1) is 13.4. The lowest BCUT2D eigenvalue weighted by Gasteiger charge is -2.28. The molecule has 0 radical (unpaired) electrons. The van der Waals surface area contributed by atoms with E-state index in [2.05, 4.69) is 49.2 Å². The molecule has 1 aliphatic rings. The highest BCUT2D eigenvalue weighted by Gasteiger charge is 2.49. The predicted molar refractivity (Wildman–Crippen MR) is 78.9 cm³/mol. The van der Waals surface area contributed by atoms with Crippen LogP contribution in [-0.2, 0) is 5.41 Å². The van der Waals surface area contributed by atoms with Gasteiger partial charge in [-0.3, -0.25) is 0 Å². The summed E-state index contributed by atoms with van der Waals surface area (Å²) in [5, 5.41) is 3.71. The molecule has 0 aliphatic heterocycles. The molecule has 2 rings (SSSR count). The normalized spacial score (nSPS) is 18.3. The van der Waals surface area contributed by atoms with Crippen molar-refractivity contribution < 1.29 is 0 Å². The van der Waals surface area contributed by atoms with Crippen molar-refractivity contribution in [3.63, 3.8) is 0 Å². The average molecular weight is 243 g/mol. The van der Waals surface area contributed by atoms with E-state index in [0.29, 0.717) is 11.5 Å². The van der Waals surface area contributed by atoms with E-state index in [9.17, 15) is 0 Å². The van der Waals surface area contributed by atoms with Crippen LogP contribution < -0.4 is 5.32 Å². The molecule has 18 heavy (non-hydrogen) atoms. The molecule has 0 bridgehead atoms. The van der Waals surface area contributed by atoms with Crippen LogP contribution in [0.5, 0.6) is 0 Å². The molecule has 1 saturated carbocycles. The van der Waals surface area contributed by atoms with Crippen LogP contribution in [-0.4, -0.2) is 12.6 Å². The van der Waals surface area contributed by atoms with Gasteiger partial charge in [0.15, 0.2) is 0 Å². The number of rotatable bonds is 8. The molecule has 1 nitrogen and oxygen atoms in total. The predicted octanol–water partition coefficient (Wildman–Crippen LogP) is 4.05. The zero-order chi connectivity index (χ0) is 12.8. The lowest BCUT2D eigenvalue weighted by Crippen LogP contribution is -2.40. The minimum Gasteiger partial charge on any atom is -0.313 e.